The van der Waals surface area contributed by atoms with Gasteiger partial charge in [0.05, 0.1) is 26.2 Å². The molecule has 0 spiro atoms. The van der Waals surface area contributed by atoms with Crippen LogP contribution in [0, 0.1) is 17.5 Å². The number of halogens is 3. The molecule has 3 N–H and O–H groups in total. The van der Waals surface area contributed by atoms with E-state index in [0.717, 1.165) is 19.3 Å². The van der Waals surface area contributed by atoms with Crippen molar-refractivity contribution in [3.8, 4) is 0 Å². The molecule has 1 unspecified atom stereocenters. The van der Waals surface area contributed by atoms with Crippen LogP contribution < -0.4 is 5.02 Å². The van der Waals surface area contributed by atoms with E-state index in [9.17, 15) is 23.2 Å². The lowest BCUT2D eigenvalue weighted by molar-refractivity contribution is -0.929. The molecule has 326 valence electrons. The second kappa shape index (κ2) is 31.2. The quantitative estimate of drug-likeness (QED) is 0.0403. The number of unbranched alkanes of at least 4 members (excludes halogenated alkanes) is 8. The van der Waals surface area contributed by atoms with E-state index in [1.807, 2.05) is 6.92 Å². The molecule has 3 aromatic rings. The summed E-state index contributed by atoms with van der Waals surface area (Å²) in [4.78, 5) is 0. The Morgan fingerprint density at radius 2 is 1.02 bits per heavy atom. The molecule has 0 aliphatic heterocycles. The van der Waals surface area contributed by atoms with Crippen molar-refractivity contribution in [2.75, 3.05) is 32.8 Å². The predicted octanol–water partition coefficient (Wildman–Crippen LogP) is 10.2. The maximum absolute atomic E-state index is 14.3. The van der Waals surface area contributed by atoms with Gasteiger partial charge in [0.2, 0.25) is 0 Å². The summed E-state index contributed by atoms with van der Waals surface area (Å²) in [6.45, 7) is 19.6. The van der Waals surface area contributed by atoms with Crippen LogP contribution in [0.5, 0.6) is 0 Å². The van der Waals surface area contributed by atoms with Gasteiger partial charge in [-0.3, -0.25) is 0 Å². The first-order valence-electron chi connectivity index (χ1n) is 22.0. The minimum Gasteiger partial charge on any atom is -0.832 e. The van der Waals surface area contributed by atoms with Gasteiger partial charge < -0.3 is 33.9 Å². The molecule has 0 aliphatic carbocycles. The Bertz CT molecular complexity index is 1390. The summed E-state index contributed by atoms with van der Waals surface area (Å²) in [5.74, 6) is -2.38. The van der Waals surface area contributed by atoms with Gasteiger partial charge in [-0.15, -0.1) is 0 Å². The highest BCUT2D eigenvalue weighted by Crippen LogP contribution is 2.48. The molecule has 0 aliphatic rings. The number of nitrogens with zero attached hydrogens (tertiary/aromatic N) is 1. The van der Waals surface area contributed by atoms with Gasteiger partial charge in [0.25, 0.3) is 0 Å². The number of benzene rings is 3. The Morgan fingerprint density at radius 1 is 0.586 bits per heavy atom. The highest BCUT2D eigenvalue weighted by atomic mass is 19.1. The van der Waals surface area contributed by atoms with Gasteiger partial charge in [-0.1, -0.05) is 136 Å². The zero-order valence-corrected chi connectivity index (χ0v) is 36.4. The Hall–Kier alpha value is -2.70. The van der Waals surface area contributed by atoms with Crippen molar-refractivity contribution < 1.29 is 47.1 Å². The van der Waals surface area contributed by atoms with Gasteiger partial charge in [0, 0.05) is 12.5 Å². The molecule has 0 radical (unpaired) electrons. The number of rotatable bonds is 27. The van der Waals surface area contributed by atoms with Crippen LogP contribution in [0.25, 0.3) is 0 Å². The summed E-state index contributed by atoms with van der Waals surface area (Å²) in [7, 11) is -4.09. The minimum absolute atomic E-state index is 0.221. The molecule has 3 rings (SSSR count). The lowest BCUT2D eigenvalue weighted by Crippen LogP contribution is -2.50. The van der Waals surface area contributed by atoms with Gasteiger partial charge in [-0.05, 0) is 91.6 Å². The van der Waals surface area contributed by atoms with Crippen molar-refractivity contribution in [1.29, 1.82) is 0 Å². The Kier molecular flexibility index (Phi) is 28.7. The molecule has 0 heterocycles. The predicted molar refractivity (Wildman–Crippen MR) is 231 cm³/mol. The maximum Gasteiger partial charge on any atom is 0.633 e. The maximum atomic E-state index is 14.3. The van der Waals surface area contributed by atoms with E-state index in [4.69, 9.17) is 14.7 Å². The van der Waals surface area contributed by atoms with Gasteiger partial charge in [-0.25, -0.2) is 13.2 Å². The Morgan fingerprint density at radius 3 is 1.40 bits per heavy atom. The number of hydrogen-bond acceptors (Lipinski definition) is 6. The molecular weight excluding hydrogens is 741 g/mol. The molecule has 12 heteroatoms. The van der Waals surface area contributed by atoms with Crippen LogP contribution in [0.2, 0.25) is 0 Å². The van der Waals surface area contributed by atoms with E-state index in [1.165, 1.54) is 149 Å². The lowest BCUT2D eigenvalue weighted by Gasteiger charge is -2.45. The topological polar surface area (TPSA) is 102 Å². The monoisotopic (exact) mass is 816 g/mol. The van der Waals surface area contributed by atoms with Gasteiger partial charge in [-0.2, -0.15) is 0 Å². The fourth-order valence-corrected chi connectivity index (χ4v) is 7.48. The molecule has 7 nitrogen and oxygen atoms in total. The molecule has 3 aromatic carbocycles. The van der Waals surface area contributed by atoms with E-state index in [1.54, 1.807) is 18.2 Å². The lowest BCUT2D eigenvalue weighted by atomic mass is 9.70. The van der Waals surface area contributed by atoms with Crippen molar-refractivity contribution >= 4 is 14.6 Å². The molecule has 58 heavy (non-hydrogen) atoms. The highest BCUT2D eigenvalue weighted by Gasteiger charge is 2.44. The Balaban J connectivity index is 0.000000522. The smallest absolute Gasteiger partial charge is 0.633 e. The number of quaternary nitrogens is 1. The highest BCUT2D eigenvalue weighted by molar-refractivity contribution is 6.32. The molecule has 0 aromatic heterocycles. The molecule has 0 bridgehead atoms. The first-order valence-corrected chi connectivity index (χ1v) is 22.0. The van der Waals surface area contributed by atoms with Crippen LogP contribution in [0.3, 0.4) is 0 Å². The van der Waals surface area contributed by atoms with Crippen LogP contribution in [0.1, 0.15) is 160 Å². The number of hydrogen-bond donors (Lipinski definition) is 3. The first-order chi connectivity index (χ1) is 27.9. The molecule has 0 saturated heterocycles. The summed E-state index contributed by atoms with van der Waals surface area (Å²) >= 11 is 0. The van der Waals surface area contributed by atoms with E-state index >= 15 is 0 Å². The fraction of sp³-hybridized carbons (Fsp3) is 0.609. The SMILES string of the molecule is CCCCC(c1cccc(F)c1)C(OB([O-])O)(c1cccc(F)c1)c1cccc(F)c1.CCCCCCOB(O)O.CCCC[N+](CCCC)(CCCC)CCCC. The Labute approximate surface area is 350 Å². The zero-order chi connectivity index (χ0) is 43.2. The van der Waals surface area contributed by atoms with Crippen molar-refractivity contribution in [2.24, 2.45) is 0 Å². The van der Waals surface area contributed by atoms with E-state index < -0.39 is 43.6 Å². The summed E-state index contributed by atoms with van der Waals surface area (Å²) in [6, 6.07) is 16.6. The van der Waals surface area contributed by atoms with Gasteiger partial charge in [0.15, 0.2) is 0 Å². The summed E-state index contributed by atoms with van der Waals surface area (Å²) in [6.07, 6.45) is 17.3. The van der Waals surface area contributed by atoms with E-state index in [0.29, 0.717) is 25.0 Å². The van der Waals surface area contributed by atoms with Crippen LogP contribution in [0.15, 0.2) is 72.8 Å². The molecule has 0 amide bonds. The zero-order valence-electron chi connectivity index (χ0n) is 36.4. The van der Waals surface area contributed by atoms with Crippen LogP contribution in [-0.2, 0) is 14.9 Å². The normalized spacial score (nSPS) is 11.9. The average molecular weight is 816 g/mol. The second-order valence-electron chi connectivity index (χ2n) is 15.3. The summed E-state index contributed by atoms with van der Waals surface area (Å²) in [5.41, 5.74) is -0.826. The third-order valence-electron chi connectivity index (χ3n) is 10.6. The summed E-state index contributed by atoms with van der Waals surface area (Å²) < 4.78 is 54.3. The third-order valence-corrected chi connectivity index (χ3v) is 10.6. The van der Waals surface area contributed by atoms with Crippen LogP contribution >= 0.6 is 0 Å². The van der Waals surface area contributed by atoms with Crippen molar-refractivity contribution in [3.05, 3.63) is 107 Å². The average Bonchev–Trinajstić information content (AvgIpc) is 3.20. The van der Waals surface area contributed by atoms with Crippen LogP contribution in [0.4, 0.5) is 13.2 Å². The van der Waals surface area contributed by atoms with Crippen molar-refractivity contribution in [1.82, 2.24) is 0 Å². The van der Waals surface area contributed by atoms with E-state index in [2.05, 4.69) is 39.3 Å². The van der Waals surface area contributed by atoms with Gasteiger partial charge >= 0.3 is 14.6 Å². The molecule has 1 atom stereocenters. The standard InChI is InChI=1S/C24H23BF3O3.C16H36N.C6H15BO3/c1-2-3-13-23(17-7-4-10-20(26)14-17)24(31-25(29)30,18-8-5-11-21(27)15-18)19-9-6-12-22(28)16-19;1-5-9-13-17(14-10-6-2,15-11-7-3)16-12-8-4;1-2-3-4-5-6-10-7(8)9/h4-12,14-16,23,29H,2-3,13H2,1H3;5-16H2,1-4H3;8-9H,2-6H2,1H3/q-1;+1;. The summed E-state index contributed by atoms with van der Waals surface area (Å²) in [5, 5.41) is 38.3. The third kappa shape index (κ3) is 20.0. The molecule has 0 saturated carbocycles. The largest absolute Gasteiger partial charge is 0.832 e. The van der Waals surface area contributed by atoms with E-state index in [-0.39, 0.29) is 11.1 Å². The van der Waals surface area contributed by atoms with Gasteiger partial charge in [0.1, 0.15) is 23.1 Å². The molecular formula is C46H74B2F3NO6. The fourth-order valence-electron chi connectivity index (χ4n) is 7.48. The first kappa shape index (κ1) is 53.3. The van der Waals surface area contributed by atoms with Crippen LogP contribution in [-0.4, -0.2) is 67.0 Å². The second-order valence-corrected chi connectivity index (χ2v) is 15.3. The van der Waals surface area contributed by atoms with Crippen molar-refractivity contribution in [3.63, 3.8) is 0 Å². The minimum atomic E-state index is -2.50. The van der Waals surface area contributed by atoms with Crippen molar-refractivity contribution in [2.45, 2.75) is 149 Å². The molecule has 0 fully saturated rings.